The molecule has 2 nitrogen and oxygen atoms in total. The zero-order chi connectivity index (χ0) is 13.6. The maximum atomic E-state index is 12.6. The van der Waals surface area contributed by atoms with E-state index in [0.717, 1.165) is 16.8 Å². The van der Waals surface area contributed by atoms with E-state index in [2.05, 4.69) is 32.0 Å². The summed E-state index contributed by atoms with van der Waals surface area (Å²) >= 11 is 0. The van der Waals surface area contributed by atoms with Crippen molar-refractivity contribution in [2.45, 2.75) is 19.8 Å². The van der Waals surface area contributed by atoms with E-state index in [1.807, 2.05) is 31.3 Å². The Balaban J connectivity index is 2.24. The van der Waals surface area contributed by atoms with E-state index in [4.69, 9.17) is 0 Å². The number of hydrogen-bond donors (Lipinski definition) is 0. The molecule has 19 heavy (non-hydrogen) atoms. The van der Waals surface area contributed by atoms with Gasteiger partial charge in [0.15, 0.2) is 0 Å². The molecule has 1 atom stereocenters. The number of rotatable bonds is 1. The second-order valence-corrected chi connectivity index (χ2v) is 5.19. The number of anilines is 1. The third-order valence-corrected chi connectivity index (χ3v) is 4.02. The lowest BCUT2D eigenvalue weighted by atomic mass is 9.86. The molecule has 2 heteroatoms. The summed E-state index contributed by atoms with van der Waals surface area (Å²) in [6, 6.07) is 14.3. The normalized spacial score (nSPS) is 17.7. The summed E-state index contributed by atoms with van der Waals surface area (Å²) in [4.78, 5) is 14.4. The highest BCUT2D eigenvalue weighted by molar-refractivity contribution is 6.06. The van der Waals surface area contributed by atoms with Crippen LogP contribution in [0.25, 0.3) is 0 Å². The Labute approximate surface area is 113 Å². The molecule has 3 rings (SSSR count). The van der Waals surface area contributed by atoms with Crippen LogP contribution in [-0.4, -0.2) is 13.0 Å². The van der Waals surface area contributed by atoms with E-state index in [-0.39, 0.29) is 11.8 Å². The van der Waals surface area contributed by atoms with Crippen molar-refractivity contribution >= 4 is 11.6 Å². The predicted octanol–water partition coefficient (Wildman–Crippen LogP) is 3.41. The molecule has 0 aromatic heterocycles. The Kier molecular flexibility index (Phi) is 2.67. The van der Waals surface area contributed by atoms with E-state index in [1.54, 1.807) is 4.90 Å². The average Bonchev–Trinajstić information content (AvgIpc) is 2.64. The Hall–Kier alpha value is -2.09. The van der Waals surface area contributed by atoms with Crippen LogP contribution >= 0.6 is 0 Å². The molecule has 0 radical (unpaired) electrons. The van der Waals surface area contributed by atoms with Crippen LogP contribution < -0.4 is 4.90 Å². The minimum atomic E-state index is -0.151. The zero-order valence-electron chi connectivity index (χ0n) is 11.5. The quantitative estimate of drug-likeness (QED) is 0.760. The summed E-state index contributed by atoms with van der Waals surface area (Å²) < 4.78 is 0. The fourth-order valence-electron chi connectivity index (χ4n) is 3.04. The molecule has 2 aromatic rings. The van der Waals surface area contributed by atoms with Crippen molar-refractivity contribution in [2.24, 2.45) is 0 Å². The number of aryl methyl sites for hydroxylation is 2. The summed E-state index contributed by atoms with van der Waals surface area (Å²) in [5, 5.41) is 0. The summed E-state index contributed by atoms with van der Waals surface area (Å²) in [6.07, 6.45) is 0. The zero-order valence-corrected chi connectivity index (χ0v) is 11.5. The second kappa shape index (κ2) is 4.23. The van der Waals surface area contributed by atoms with Crippen molar-refractivity contribution in [1.82, 2.24) is 0 Å². The van der Waals surface area contributed by atoms with Crippen LogP contribution in [0, 0.1) is 13.8 Å². The number of carbonyl (C=O) groups excluding carboxylic acids is 1. The molecular formula is C17H17NO. The predicted molar refractivity (Wildman–Crippen MR) is 77.6 cm³/mol. The number of hydrogen-bond acceptors (Lipinski definition) is 1. The third-order valence-electron chi connectivity index (χ3n) is 4.02. The molecule has 96 valence electrons. The molecule has 1 amide bonds. The van der Waals surface area contributed by atoms with E-state index in [1.165, 1.54) is 11.1 Å². The number of para-hydroxylation sites is 1. The van der Waals surface area contributed by atoms with E-state index in [9.17, 15) is 4.79 Å². The molecule has 0 saturated heterocycles. The Bertz CT molecular complexity index is 640. The summed E-state index contributed by atoms with van der Waals surface area (Å²) in [5.41, 5.74) is 5.67. The summed E-state index contributed by atoms with van der Waals surface area (Å²) in [6.45, 7) is 4.16. The van der Waals surface area contributed by atoms with E-state index < -0.39 is 0 Å². The van der Waals surface area contributed by atoms with Gasteiger partial charge in [-0.25, -0.2) is 0 Å². The molecule has 1 unspecified atom stereocenters. The molecule has 1 heterocycles. The molecule has 0 spiro atoms. The first-order chi connectivity index (χ1) is 9.11. The fraction of sp³-hybridized carbons (Fsp3) is 0.235. The van der Waals surface area contributed by atoms with Crippen molar-refractivity contribution in [3.05, 3.63) is 64.7 Å². The van der Waals surface area contributed by atoms with Crippen molar-refractivity contribution in [2.75, 3.05) is 11.9 Å². The smallest absolute Gasteiger partial charge is 0.238 e. The Morgan fingerprint density at radius 2 is 1.58 bits per heavy atom. The van der Waals surface area contributed by atoms with Crippen LogP contribution in [0.3, 0.4) is 0 Å². The monoisotopic (exact) mass is 251 g/mol. The van der Waals surface area contributed by atoms with Gasteiger partial charge in [-0.1, -0.05) is 36.4 Å². The number of benzene rings is 2. The maximum absolute atomic E-state index is 12.6. The SMILES string of the molecule is Cc1cccc(C)c1C1C(=O)N(C)c2ccccc21. The Morgan fingerprint density at radius 1 is 0.947 bits per heavy atom. The van der Waals surface area contributed by atoms with Crippen molar-refractivity contribution in [3.8, 4) is 0 Å². The lowest BCUT2D eigenvalue weighted by Crippen LogP contribution is -2.25. The number of carbonyl (C=O) groups is 1. The average molecular weight is 251 g/mol. The first-order valence-electron chi connectivity index (χ1n) is 6.54. The Morgan fingerprint density at radius 3 is 2.26 bits per heavy atom. The largest absolute Gasteiger partial charge is 0.314 e. The summed E-state index contributed by atoms with van der Waals surface area (Å²) in [5.74, 6) is 0.0148. The lowest BCUT2D eigenvalue weighted by molar-refractivity contribution is -0.118. The van der Waals surface area contributed by atoms with Crippen molar-refractivity contribution in [1.29, 1.82) is 0 Å². The highest BCUT2D eigenvalue weighted by Crippen LogP contribution is 2.42. The van der Waals surface area contributed by atoms with E-state index in [0.29, 0.717) is 0 Å². The molecule has 0 saturated carbocycles. The summed E-state index contributed by atoms with van der Waals surface area (Å²) in [7, 11) is 1.86. The van der Waals surface area contributed by atoms with Gasteiger partial charge < -0.3 is 4.90 Å². The molecule has 0 aliphatic carbocycles. The molecule has 1 aliphatic heterocycles. The van der Waals surface area contributed by atoms with Gasteiger partial charge in [0.2, 0.25) is 5.91 Å². The molecular weight excluding hydrogens is 234 g/mol. The van der Waals surface area contributed by atoms with Gasteiger partial charge in [0.1, 0.15) is 0 Å². The standard InChI is InChI=1S/C17H17NO/c1-11-7-6-8-12(2)15(11)16-13-9-4-5-10-14(13)18(3)17(16)19/h4-10,16H,1-3H3. The van der Waals surface area contributed by atoms with Crippen LogP contribution in [0.2, 0.25) is 0 Å². The van der Waals surface area contributed by atoms with Crippen LogP contribution in [0.5, 0.6) is 0 Å². The highest BCUT2D eigenvalue weighted by Gasteiger charge is 2.37. The number of amides is 1. The molecule has 1 aliphatic rings. The lowest BCUT2D eigenvalue weighted by Gasteiger charge is -2.16. The van der Waals surface area contributed by atoms with Gasteiger partial charge in [0.25, 0.3) is 0 Å². The van der Waals surface area contributed by atoms with Crippen LogP contribution in [0.1, 0.15) is 28.2 Å². The molecule has 2 aromatic carbocycles. The minimum Gasteiger partial charge on any atom is -0.314 e. The van der Waals surface area contributed by atoms with Gasteiger partial charge in [-0.15, -0.1) is 0 Å². The van der Waals surface area contributed by atoms with Crippen molar-refractivity contribution < 1.29 is 4.79 Å². The molecule has 0 N–H and O–H groups in total. The van der Waals surface area contributed by atoms with Crippen LogP contribution in [0.4, 0.5) is 5.69 Å². The van der Waals surface area contributed by atoms with Gasteiger partial charge >= 0.3 is 0 Å². The molecule has 0 fully saturated rings. The number of fused-ring (bicyclic) bond motifs is 1. The van der Waals surface area contributed by atoms with Crippen LogP contribution in [0.15, 0.2) is 42.5 Å². The number of nitrogens with zero attached hydrogens (tertiary/aromatic N) is 1. The van der Waals surface area contributed by atoms with Gasteiger partial charge in [0.05, 0.1) is 5.92 Å². The molecule has 0 bridgehead atoms. The third kappa shape index (κ3) is 1.67. The number of likely N-dealkylation sites (N-methyl/N-ethyl adjacent to an activating group) is 1. The first-order valence-corrected chi connectivity index (χ1v) is 6.54. The van der Waals surface area contributed by atoms with Gasteiger partial charge in [-0.05, 0) is 42.2 Å². The second-order valence-electron chi connectivity index (χ2n) is 5.19. The van der Waals surface area contributed by atoms with Crippen LogP contribution in [-0.2, 0) is 4.79 Å². The fourth-order valence-corrected chi connectivity index (χ4v) is 3.04. The first kappa shape index (κ1) is 12.0. The maximum Gasteiger partial charge on any atom is 0.238 e. The van der Waals surface area contributed by atoms with Gasteiger partial charge in [-0.2, -0.15) is 0 Å². The van der Waals surface area contributed by atoms with Gasteiger partial charge in [-0.3, -0.25) is 4.79 Å². The van der Waals surface area contributed by atoms with Crippen molar-refractivity contribution in [3.63, 3.8) is 0 Å². The topological polar surface area (TPSA) is 20.3 Å². The highest BCUT2D eigenvalue weighted by atomic mass is 16.2. The minimum absolute atomic E-state index is 0.151. The van der Waals surface area contributed by atoms with Gasteiger partial charge in [0, 0.05) is 12.7 Å². The van der Waals surface area contributed by atoms with E-state index >= 15 is 0 Å².